The van der Waals surface area contributed by atoms with Crippen LogP contribution in [0.25, 0.3) is 5.52 Å². The van der Waals surface area contributed by atoms with Crippen molar-refractivity contribution < 1.29 is 9.53 Å². The molecule has 4 aromatic rings. The first-order valence-corrected chi connectivity index (χ1v) is 13.2. The zero-order valence-electron chi connectivity index (χ0n) is 21.1. The van der Waals surface area contributed by atoms with Gasteiger partial charge < -0.3 is 4.74 Å². The van der Waals surface area contributed by atoms with Gasteiger partial charge in [-0.05, 0) is 104 Å². The maximum atomic E-state index is 12.5. The lowest BCUT2D eigenvalue weighted by Gasteiger charge is -2.29. The van der Waals surface area contributed by atoms with Gasteiger partial charge in [0.2, 0.25) is 0 Å². The van der Waals surface area contributed by atoms with Crippen LogP contribution in [0, 0.1) is 12.8 Å². The lowest BCUT2D eigenvalue weighted by Crippen LogP contribution is -2.18. The van der Waals surface area contributed by atoms with Gasteiger partial charge in [-0.2, -0.15) is 5.10 Å². The van der Waals surface area contributed by atoms with E-state index >= 15 is 0 Å². The lowest BCUT2D eigenvalue weighted by molar-refractivity contribution is -0.120. The Morgan fingerprint density at radius 2 is 1.83 bits per heavy atom. The minimum atomic E-state index is 0.323. The van der Waals surface area contributed by atoms with Crippen LogP contribution in [0.3, 0.4) is 0 Å². The van der Waals surface area contributed by atoms with Gasteiger partial charge in [0.25, 0.3) is 0 Å². The van der Waals surface area contributed by atoms with Crippen molar-refractivity contribution in [3.63, 3.8) is 0 Å². The van der Waals surface area contributed by atoms with Gasteiger partial charge in [-0.25, -0.2) is 4.52 Å². The van der Waals surface area contributed by atoms with Crippen LogP contribution in [0.4, 0.5) is 0 Å². The predicted molar refractivity (Wildman–Crippen MR) is 142 cm³/mol. The monoisotopic (exact) mass is 481 g/mol. The van der Waals surface area contributed by atoms with Crippen LogP contribution in [0.5, 0.6) is 5.75 Å². The van der Waals surface area contributed by atoms with E-state index in [2.05, 4.69) is 39.7 Å². The van der Waals surface area contributed by atoms with E-state index in [-0.39, 0.29) is 0 Å². The fraction of sp³-hybridized carbons (Fsp3) is 0.387. The highest BCUT2D eigenvalue weighted by molar-refractivity contribution is 5.78. The third-order valence-corrected chi connectivity index (χ3v) is 7.53. The van der Waals surface area contributed by atoms with Crippen molar-refractivity contribution in [3.05, 3.63) is 95.6 Å². The number of ketones is 1. The van der Waals surface area contributed by atoms with Gasteiger partial charge in [-0.3, -0.25) is 9.78 Å². The number of carbonyl (C=O) groups excluding carboxylic acids is 1. The zero-order valence-corrected chi connectivity index (χ0v) is 21.1. The summed E-state index contributed by atoms with van der Waals surface area (Å²) in [7, 11) is 0. The van der Waals surface area contributed by atoms with Gasteiger partial charge in [-0.1, -0.05) is 24.3 Å². The van der Waals surface area contributed by atoms with Crippen LogP contribution >= 0.6 is 0 Å². The van der Waals surface area contributed by atoms with E-state index in [0.29, 0.717) is 37.1 Å². The molecule has 0 bridgehead atoms. The number of hydrogen-bond donors (Lipinski definition) is 0. The summed E-state index contributed by atoms with van der Waals surface area (Å²) in [4.78, 5) is 16.8. The van der Waals surface area contributed by atoms with Crippen molar-refractivity contribution in [2.75, 3.05) is 6.61 Å². The summed E-state index contributed by atoms with van der Waals surface area (Å²) in [6, 6.07) is 18.6. The first kappa shape index (κ1) is 24.2. The largest absolute Gasteiger partial charge is 0.493 e. The number of fused-ring (bicyclic) bond motifs is 1. The van der Waals surface area contributed by atoms with E-state index in [0.717, 1.165) is 44.3 Å². The fourth-order valence-corrected chi connectivity index (χ4v) is 5.45. The SMILES string of the molecule is Cc1cnn2c(CCc3cccnc3)cc(C3CCC(CC(=O)CCOc4ccccc4)CC3)cc12. The number of carbonyl (C=O) groups is 1. The van der Waals surface area contributed by atoms with Crippen molar-refractivity contribution in [1.82, 2.24) is 14.6 Å². The Kier molecular flexibility index (Phi) is 7.75. The molecule has 1 aromatic carbocycles. The van der Waals surface area contributed by atoms with Crippen molar-refractivity contribution >= 4 is 11.3 Å². The van der Waals surface area contributed by atoms with E-state index in [1.807, 2.05) is 55.0 Å². The number of para-hydroxylation sites is 1. The Morgan fingerprint density at radius 1 is 1.00 bits per heavy atom. The second kappa shape index (κ2) is 11.5. The maximum absolute atomic E-state index is 12.5. The van der Waals surface area contributed by atoms with E-state index in [4.69, 9.17) is 4.74 Å². The molecule has 36 heavy (non-hydrogen) atoms. The van der Waals surface area contributed by atoms with E-state index in [1.54, 1.807) is 0 Å². The first-order chi connectivity index (χ1) is 17.7. The molecular weight excluding hydrogens is 446 g/mol. The third-order valence-electron chi connectivity index (χ3n) is 7.53. The number of aryl methyl sites for hydroxylation is 3. The Balaban J connectivity index is 1.17. The highest BCUT2D eigenvalue weighted by atomic mass is 16.5. The molecule has 1 aliphatic carbocycles. The molecule has 0 amide bonds. The van der Waals surface area contributed by atoms with Crippen LogP contribution in [0.2, 0.25) is 0 Å². The third kappa shape index (κ3) is 6.01. The lowest BCUT2D eigenvalue weighted by atomic mass is 9.77. The molecule has 1 fully saturated rings. The van der Waals surface area contributed by atoms with Gasteiger partial charge in [0, 0.05) is 30.9 Å². The van der Waals surface area contributed by atoms with Crippen molar-refractivity contribution in [1.29, 1.82) is 0 Å². The molecule has 0 aliphatic heterocycles. The maximum Gasteiger partial charge on any atom is 0.136 e. The molecule has 5 heteroatoms. The van der Waals surface area contributed by atoms with E-state index in [9.17, 15) is 4.79 Å². The number of nitrogens with zero attached hydrogens (tertiary/aromatic N) is 3. The van der Waals surface area contributed by atoms with E-state index in [1.165, 1.54) is 27.9 Å². The normalized spacial score (nSPS) is 17.8. The number of benzene rings is 1. The van der Waals surface area contributed by atoms with Crippen molar-refractivity contribution in [2.45, 2.75) is 64.2 Å². The highest BCUT2D eigenvalue weighted by Crippen LogP contribution is 2.38. The minimum Gasteiger partial charge on any atom is -0.493 e. The zero-order chi connectivity index (χ0) is 24.7. The molecular formula is C31H35N3O2. The van der Waals surface area contributed by atoms with Gasteiger partial charge >= 0.3 is 0 Å². The summed E-state index contributed by atoms with van der Waals surface area (Å²) in [6.07, 6.45) is 13.3. The Labute approximate surface area is 213 Å². The number of hydrogen-bond acceptors (Lipinski definition) is 4. The smallest absolute Gasteiger partial charge is 0.136 e. The molecule has 0 saturated heterocycles. The van der Waals surface area contributed by atoms with Gasteiger partial charge in [0.05, 0.1) is 18.3 Å². The molecule has 0 radical (unpaired) electrons. The average molecular weight is 482 g/mol. The first-order valence-electron chi connectivity index (χ1n) is 13.2. The van der Waals surface area contributed by atoms with Crippen LogP contribution < -0.4 is 4.74 Å². The summed E-state index contributed by atoms with van der Waals surface area (Å²) in [5.41, 5.74) is 6.36. The minimum absolute atomic E-state index is 0.323. The molecule has 0 spiro atoms. The molecule has 5 rings (SSSR count). The molecule has 1 aliphatic rings. The van der Waals surface area contributed by atoms with Gasteiger partial charge in [0.1, 0.15) is 11.5 Å². The van der Waals surface area contributed by atoms with Crippen LogP contribution in [0.1, 0.15) is 66.8 Å². The second-order valence-corrected chi connectivity index (χ2v) is 10.1. The van der Waals surface area contributed by atoms with Crippen LogP contribution in [0.15, 0.2) is 73.2 Å². The number of ether oxygens (including phenoxy) is 1. The van der Waals surface area contributed by atoms with Crippen LogP contribution in [-0.4, -0.2) is 27.0 Å². The molecule has 3 aromatic heterocycles. The van der Waals surface area contributed by atoms with Gasteiger partial charge in [0.15, 0.2) is 0 Å². The average Bonchev–Trinajstić information content (AvgIpc) is 3.29. The van der Waals surface area contributed by atoms with Gasteiger partial charge in [-0.15, -0.1) is 0 Å². The van der Waals surface area contributed by atoms with Crippen molar-refractivity contribution in [2.24, 2.45) is 5.92 Å². The Morgan fingerprint density at radius 3 is 2.61 bits per heavy atom. The molecule has 0 atom stereocenters. The summed E-state index contributed by atoms with van der Waals surface area (Å²) in [6.45, 7) is 2.60. The Bertz CT molecular complexity index is 1280. The fourth-order valence-electron chi connectivity index (χ4n) is 5.45. The summed E-state index contributed by atoms with van der Waals surface area (Å²) in [5, 5.41) is 4.66. The molecule has 0 unspecified atom stereocenters. The Hall–Kier alpha value is -3.47. The highest BCUT2D eigenvalue weighted by Gasteiger charge is 2.25. The predicted octanol–water partition coefficient (Wildman–Crippen LogP) is 6.53. The molecule has 3 heterocycles. The summed E-state index contributed by atoms with van der Waals surface area (Å²) in [5.74, 6) is 2.20. The second-order valence-electron chi connectivity index (χ2n) is 10.1. The number of aromatic nitrogens is 3. The molecule has 1 saturated carbocycles. The number of pyridine rings is 2. The molecule has 0 N–H and O–H groups in total. The van der Waals surface area contributed by atoms with Crippen molar-refractivity contribution in [3.8, 4) is 5.75 Å². The quantitative estimate of drug-likeness (QED) is 0.259. The van der Waals surface area contributed by atoms with Crippen LogP contribution in [-0.2, 0) is 17.6 Å². The van der Waals surface area contributed by atoms with E-state index < -0.39 is 0 Å². The molecule has 186 valence electrons. The molecule has 5 nitrogen and oxygen atoms in total. The summed E-state index contributed by atoms with van der Waals surface area (Å²) >= 11 is 0. The number of Topliss-reactive ketones (excluding diaryl/α,β-unsaturated/α-hetero) is 1. The standard InChI is InChI=1S/C31H35N3O2/c1-23-21-33-34-28(14-11-25-6-5-16-32-22-25)19-27(20-31(23)34)26-12-9-24(10-13-26)18-29(35)15-17-36-30-7-3-2-4-8-30/h2-8,16,19-22,24,26H,9-15,17-18H2,1H3. The summed E-state index contributed by atoms with van der Waals surface area (Å²) < 4.78 is 7.81. The number of rotatable bonds is 10. The topological polar surface area (TPSA) is 56.5 Å².